The molecule has 84 valence electrons. The van der Waals surface area contributed by atoms with Crippen LogP contribution in [0, 0.1) is 12.8 Å². The van der Waals surface area contributed by atoms with Crippen LogP contribution >= 0.6 is 0 Å². The molecule has 0 unspecified atom stereocenters. The first-order valence-corrected chi connectivity index (χ1v) is 5.38. The first-order chi connectivity index (χ1) is 7.04. The van der Waals surface area contributed by atoms with Gasteiger partial charge in [-0.25, -0.2) is 4.98 Å². The van der Waals surface area contributed by atoms with Crippen LogP contribution in [0.15, 0.2) is 6.20 Å². The Morgan fingerprint density at radius 1 is 1.47 bits per heavy atom. The van der Waals surface area contributed by atoms with Crippen molar-refractivity contribution in [3.63, 3.8) is 0 Å². The molecular weight excluding hydrogens is 188 g/mol. The second-order valence-corrected chi connectivity index (χ2v) is 4.17. The molecule has 0 saturated carbocycles. The molecule has 0 bridgehead atoms. The van der Waals surface area contributed by atoms with E-state index in [9.17, 15) is 0 Å². The Kier molecular flexibility index (Phi) is 3.88. The zero-order chi connectivity index (χ0) is 11.4. The monoisotopic (exact) mass is 208 g/mol. The van der Waals surface area contributed by atoms with Crippen LogP contribution in [-0.4, -0.2) is 23.1 Å². The van der Waals surface area contributed by atoms with Crippen LogP contribution in [0.1, 0.15) is 26.3 Å². The highest BCUT2D eigenvalue weighted by Gasteiger charge is 2.11. The van der Waals surface area contributed by atoms with Gasteiger partial charge >= 0.3 is 0 Å². The minimum Gasteiger partial charge on any atom is -0.368 e. The highest BCUT2D eigenvalue weighted by atomic mass is 15.2. The summed E-state index contributed by atoms with van der Waals surface area (Å²) in [5, 5.41) is 0. The van der Waals surface area contributed by atoms with Gasteiger partial charge in [-0.2, -0.15) is 4.98 Å². The van der Waals surface area contributed by atoms with Crippen LogP contribution in [0.5, 0.6) is 0 Å². The number of hydrogen-bond donors (Lipinski definition) is 1. The van der Waals surface area contributed by atoms with Crippen molar-refractivity contribution in [1.29, 1.82) is 0 Å². The molecule has 0 aliphatic heterocycles. The summed E-state index contributed by atoms with van der Waals surface area (Å²) in [6, 6.07) is 0. The molecule has 2 N–H and O–H groups in total. The third-order valence-corrected chi connectivity index (χ3v) is 2.23. The second kappa shape index (κ2) is 4.96. The summed E-state index contributed by atoms with van der Waals surface area (Å²) in [6.07, 6.45) is 1.78. The van der Waals surface area contributed by atoms with Crippen LogP contribution in [-0.2, 0) is 0 Å². The van der Waals surface area contributed by atoms with Gasteiger partial charge in [-0.1, -0.05) is 13.8 Å². The molecule has 0 spiro atoms. The van der Waals surface area contributed by atoms with Crippen LogP contribution in [0.25, 0.3) is 0 Å². The van der Waals surface area contributed by atoms with Gasteiger partial charge in [-0.15, -0.1) is 0 Å². The summed E-state index contributed by atoms with van der Waals surface area (Å²) < 4.78 is 0. The SMILES string of the molecule is CCN(CC(C)C)c1nc(N)ncc1C. The Morgan fingerprint density at radius 2 is 2.13 bits per heavy atom. The summed E-state index contributed by atoms with van der Waals surface area (Å²) in [5.41, 5.74) is 6.68. The van der Waals surface area contributed by atoms with Gasteiger partial charge in [0.2, 0.25) is 5.95 Å². The maximum Gasteiger partial charge on any atom is 0.221 e. The number of nitrogen functional groups attached to an aromatic ring is 1. The predicted octanol–water partition coefficient (Wildman–Crippen LogP) is 1.85. The molecule has 1 heterocycles. The lowest BCUT2D eigenvalue weighted by Crippen LogP contribution is -2.29. The summed E-state index contributed by atoms with van der Waals surface area (Å²) in [4.78, 5) is 10.5. The van der Waals surface area contributed by atoms with Gasteiger partial charge in [-0.3, -0.25) is 0 Å². The minimum absolute atomic E-state index is 0.345. The van der Waals surface area contributed by atoms with E-state index in [0.29, 0.717) is 11.9 Å². The number of hydrogen-bond acceptors (Lipinski definition) is 4. The standard InChI is InChI=1S/C11H20N4/c1-5-15(7-8(2)3)10-9(4)6-13-11(12)14-10/h6,8H,5,7H2,1-4H3,(H2,12,13,14). The Balaban J connectivity index is 2.95. The van der Waals surface area contributed by atoms with Crippen molar-refractivity contribution in [3.8, 4) is 0 Å². The Labute approximate surface area is 91.5 Å². The molecule has 0 atom stereocenters. The van der Waals surface area contributed by atoms with Crippen molar-refractivity contribution in [3.05, 3.63) is 11.8 Å². The molecule has 15 heavy (non-hydrogen) atoms. The Hall–Kier alpha value is -1.32. The molecule has 4 heteroatoms. The van der Waals surface area contributed by atoms with E-state index in [0.717, 1.165) is 24.5 Å². The van der Waals surface area contributed by atoms with E-state index in [1.807, 2.05) is 6.92 Å². The number of rotatable bonds is 4. The van der Waals surface area contributed by atoms with E-state index in [2.05, 4.69) is 35.6 Å². The number of anilines is 2. The maximum atomic E-state index is 5.60. The molecule has 0 aromatic carbocycles. The van der Waals surface area contributed by atoms with Crippen molar-refractivity contribution in [1.82, 2.24) is 9.97 Å². The zero-order valence-electron chi connectivity index (χ0n) is 9.99. The molecule has 0 aliphatic carbocycles. The fourth-order valence-corrected chi connectivity index (χ4v) is 1.57. The molecule has 1 aromatic rings. The Morgan fingerprint density at radius 3 is 2.67 bits per heavy atom. The Bertz CT molecular complexity index is 322. The quantitative estimate of drug-likeness (QED) is 0.820. The molecule has 0 saturated heterocycles. The molecule has 0 fully saturated rings. The number of nitrogens with two attached hydrogens (primary N) is 1. The molecule has 1 rings (SSSR count). The third-order valence-electron chi connectivity index (χ3n) is 2.23. The van der Waals surface area contributed by atoms with E-state index in [1.165, 1.54) is 0 Å². The van der Waals surface area contributed by atoms with Crippen molar-refractivity contribution in [2.75, 3.05) is 23.7 Å². The van der Waals surface area contributed by atoms with E-state index >= 15 is 0 Å². The molecule has 1 aromatic heterocycles. The summed E-state index contributed by atoms with van der Waals surface area (Å²) in [5.74, 6) is 1.91. The number of nitrogens with zero attached hydrogens (tertiary/aromatic N) is 3. The van der Waals surface area contributed by atoms with Crippen molar-refractivity contribution in [2.24, 2.45) is 5.92 Å². The van der Waals surface area contributed by atoms with E-state index in [-0.39, 0.29) is 0 Å². The zero-order valence-corrected chi connectivity index (χ0v) is 9.99. The van der Waals surface area contributed by atoms with Crippen molar-refractivity contribution >= 4 is 11.8 Å². The van der Waals surface area contributed by atoms with Gasteiger partial charge in [0, 0.05) is 24.8 Å². The lowest BCUT2D eigenvalue weighted by atomic mass is 10.2. The smallest absolute Gasteiger partial charge is 0.221 e. The fourth-order valence-electron chi connectivity index (χ4n) is 1.57. The van der Waals surface area contributed by atoms with Gasteiger partial charge in [0.1, 0.15) is 5.82 Å². The van der Waals surface area contributed by atoms with E-state index in [1.54, 1.807) is 6.20 Å². The lowest BCUT2D eigenvalue weighted by molar-refractivity contribution is 0.613. The van der Waals surface area contributed by atoms with Gasteiger partial charge in [0.05, 0.1) is 0 Å². The van der Waals surface area contributed by atoms with Crippen LogP contribution < -0.4 is 10.6 Å². The number of aryl methyl sites for hydroxylation is 1. The molecule has 0 amide bonds. The summed E-state index contributed by atoms with van der Waals surface area (Å²) in [6.45, 7) is 10.5. The summed E-state index contributed by atoms with van der Waals surface area (Å²) >= 11 is 0. The highest BCUT2D eigenvalue weighted by molar-refractivity contribution is 5.47. The fraction of sp³-hybridized carbons (Fsp3) is 0.636. The van der Waals surface area contributed by atoms with E-state index < -0.39 is 0 Å². The number of aromatic nitrogens is 2. The second-order valence-electron chi connectivity index (χ2n) is 4.17. The highest BCUT2D eigenvalue weighted by Crippen LogP contribution is 2.17. The normalized spacial score (nSPS) is 10.7. The summed E-state index contributed by atoms with van der Waals surface area (Å²) in [7, 11) is 0. The van der Waals surface area contributed by atoms with Crippen LogP contribution in [0.2, 0.25) is 0 Å². The first-order valence-electron chi connectivity index (χ1n) is 5.38. The van der Waals surface area contributed by atoms with Crippen molar-refractivity contribution < 1.29 is 0 Å². The molecular formula is C11H20N4. The predicted molar refractivity (Wildman–Crippen MR) is 63.9 cm³/mol. The molecule has 4 nitrogen and oxygen atoms in total. The minimum atomic E-state index is 0.345. The van der Waals surface area contributed by atoms with E-state index in [4.69, 9.17) is 5.73 Å². The van der Waals surface area contributed by atoms with Crippen molar-refractivity contribution in [2.45, 2.75) is 27.7 Å². The van der Waals surface area contributed by atoms with Crippen LogP contribution in [0.4, 0.5) is 11.8 Å². The lowest BCUT2D eigenvalue weighted by Gasteiger charge is -2.25. The van der Waals surface area contributed by atoms with Gasteiger partial charge < -0.3 is 10.6 Å². The molecule has 0 radical (unpaired) electrons. The maximum absolute atomic E-state index is 5.60. The topological polar surface area (TPSA) is 55.0 Å². The largest absolute Gasteiger partial charge is 0.368 e. The van der Waals surface area contributed by atoms with Gasteiger partial charge in [0.25, 0.3) is 0 Å². The average molecular weight is 208 g/mol. The van der Waals surface area contributed by atoms with Crippen LogP contribution in [0.3, 0.4) is 0 Å². The van der Waals surface area contributed by atoms with Gasteiger partial charge in [0.15, 0.2) is 0 Å². The molecule has 0 aliphatic rings. The average Bonchev–Trinajstić information content (AvgIpc) is 2.18. The van der Waals surface area contributed by atoms with Gasteiger partial charge in [-0.05, 0) is 19.8 Å². The first kappa shape index (κ1) is 11.8. The third kappa shape index (κ3) is 3.08.